The molecule has 0 bridgehead atoms. The van der Waals surface area contributed by atoms with Crippen LogP contribution in [0.15, 0.2) is 115 Å². The Labute approximate surface area is 193 Å². The van der Waals surface area contributed by atoms with Gasteiger partial charge in [-0.15, -0.1) is 0 Å². The molecule has 1 nitrogen and oxygen atoms in total. The second-order valence-electron chi connectivity index (χ2n) is 7.33. The molecule has 170 valence electrons. The predicted octanol–water partition coefficient (Wildman–Crippen LogP) is 8.58. The van der Waals surface area contributed by atoms with Crippen molar-refractivity contribution < 1.29 is 17.9 Å². The first-order valence-corrected chi connectivity index (χ1v) is 10.3. The largest absolute Gasteiger partial charge is 0.494 e. The summed E-state index contributed by atoms with van der Waals surface area (Å²) in [4.78, 5) is 0. The minimum atomic E-state index is -0.944. The van der Waals surface area contributed by atoms with Crippen molar-refractivity contribution in [3.05, 3.63) is 138 Å². The third kappa shape index (κ3) is 7.11. The van der Waals surface area contributed by atoms with Crippen LogP contribution < -0.4 is 0 Å². The zero-order valence-corrected chi connectivity index (χ0v) is 18.9. The molecule has 0 aliphatic heterocycles. The summed E-state index contributed by atoms with van der Waals surface area (Å²) in [6.07, 6.45) is 7.19. The molecule has 0 atom stereocenters. The van der Waals surface area contributed by atoms with Crippen LogP contribution in [0.5, 0.6) is 0 Å². The van der Waals surface area contributed by atoms with Gasteiger partial charge in [0.05, 0.1) is 6.61 Å². The molecular formula is C29H27F3O. The average molecular weight is 449 g/mol. The summed E-state index contributed by atoms with van der Waals surface area (Å²) in [7, 11) is 0. The van der Waals surface area contributed by atoms with E-state index in [1.807, 2.05) is 19.1 Å². The van der Waals surface area contributed by atoms with Gasteiger partial charge in [-0.3, -0.25) is 0 Å². The van der Waals surface area contributed by atoms with Crippen LogP contribution in [0.3, 0.4) is 0 Å². The first kappa shape index (κ1) is 25.5. The summed E-state index contributed by atoms with van der Waals surface area (Å²) in [6, 6.07) is 10.2. The van der Waals surface area contributed by atoms with Gasteiger partial charge in [-0.1, -0.05) is 92.6 Å². The Hall–Kier alpha value is -3.79. The van der Waals surface area contributed by atoms with Crippen LogP contribution in [0.4, 0.5) is 13.2 Å². The van der Waals surface area contributed by atoms with Crippen LogP contribution in [0.1, 0.15) is 18.1 Å². The van der Waals surface area contributed by atoms with Gasteiger partial charge in [-0.25, -0.2) is 13.2 Å². The lowest BCUT2D eigenvalue weighted by atomic mass is 10.0. The minimum absolute atomic E-state index is 0.0729. The highest BCUT2D eigenvalue weighted by Gasteiger charge is 2.13. The van der Waals surface area contributed by atoms with Gasteiger partial charge in [-0.2, -0.15) is 0 Å². The Morgan fingerprint density at radius 3 is 2.21 bits per heavy atom. The van der Waals surface area contributed by atoms with Crippen LogP contribution in [-0.2, 0) is 4.74 Å². The maximum atomic E-state index is 14.6. The number of rotatable bonds is 10. The molecule has 0 aromatic heterocycles. The van der Waals surface area contributed by atoms with Gasteiger partial charge in [0, 0.05) is 22.8 Å². The van der Waals surface area contributed by atoms with E-state index >= 15 is 0 Å². The molecule has 0 N–H and O–H groups in total. The fourth-order valence-corrected chi connectivity index (χ4v) is 2.82. The quantitative estimate of drug-likeness (QED) is 0.261. The normalized spacial score (nSPS) is 11.7. The third-order valence-corrected chi connectivity index (χ3v) is 4.74. The highest BCUT2D eigenvalue weighted by Crippen LogP contribution is 2.27. The van der Waals surface area contributed by atoms with Crippen molar-refractivity contribution in [1.82, 2.24) is 0 Å². The molecule has 0 unspecified atom stereocenters. The van der Waals surface area contributed by atoms with E-state index in [1.165, 1.54) is 24.3 Å². The maximum Gasteiger partial charge on any atom is 0.167 e. The number of benzene rings is 2. The standard InChI is InChI=1S/C29H27F3O/c1-7-33-22(5)18-27(30)23(6)21(4)12-8-19(2)11-15-25-16-17-26(29(32)28(25)31)24-13-9-20(3)10-14-24/h8-18H,2,4-7H2,1,3H3/b12-8-,15-11+,27-18+. The molecule has 0 heterocycles. The zero-order chi connectivity index (χ0) is 24.5. The van der Waals surface area contributed by atoms with Crippen molar-refractivity contribution in [2.75, 3.05) is 6.61 Å². The lowest BCUT2D eigenvalue weighted by molar-refractivity contribution is 0.243. The number of hydrogen-bond donors (Lipinski definition) is 0. The molecule has 33 heavy (non-hydrogen) atoms. The first-order chi connectivity index (χ1) is 15.6. The molecule has 4 heteroatoms. The highest BCUT2D eigenvalue weighted by atomic mass is 19.2. The minimum Gasteiger partial charge on any atom is -0.494 e. The van der Waals surface area contributed by atoms with E-state index < -0.39 is 17.5 Å². The molecule has 0 amide bonds. The molecule has 0 saturated heterocycles. The predicted molar refractivity (Wildman–Crippen MR) is 132 cm³/mol. The first-order valence-electron chi connectivity index (χ1n) is 10.3. The number of ether oxygens (including phenoxy) is 1. The summed E-state index contributed by atoms with van der Waals surface area (Å²) in [5.74, 6) is -2.29. The number of hydrogen-bond acceptors (Lipinski definition) is 1. The molecular weight excluding hydrogens is 421 g/mol. The smallest absolute Gasteiger partial charge is 0.167 e. The van der Waals surface area contributed by atoms with Crippen molar-refractivity contribution in [2.24, 2.45) is 0 Å². The van der Waals surface area contributed by atoms with Gasteiger partial charge >= 0.3 is 0 Å². The molecule has 0 radical (unpaired) electrons. The Morgan fingerprint density at radius 2 is 1.58 bits per heavy atom. The van der Waals surface area contributed by atoms with E-state index in [0.717, 1.165) is 11.6 Å². The fourth-order valence-electron chi connectivity index (χ4n) is 2.82. The molecule has 0 saturated carbocycles. The summed E-state index contributed by atoms with van der Waals surface area (Å²) in [5, 5.41) is 0. The van der Waals surface area contributed by atoms with Gasteiger partial charge < -0.3 is 4.74 Å². The van der Waals surface area contributed by atoms with E-state index in [4.69, 9.17) is 4.74 Å². The van der Waals surface area contributed by atoms with E-state index in [-0.39, 0.29) is 22.5 Å². The molecule has 2 rings (SSSR count). The van der Waals surface area contributed by atoms with Crippen LogP contribution in [0, 0.1) is 18.6 Å². The molecule has 0 spiro atoms. The number of aryl methyl sites for hydroxylation is 1. The van der Waals surface area contributed by atoms with Crippen molar-refractivity contribution in [1.29, 1.82) is 0 Å². The van der Waals surface area contributed by atoms with Crippen molar-refractivity contribution >= 4 is 6.08 Å². The Balaban J connectivity index is 2.09. The maximum absolute atomic E-state index is 14.6. The van der Waals surface area contributed by atoms with Gasteiger partial charge in [0.15, 0.2) is 11.6 Å². The van der Waals surface area contributed by atoms with Crippen molar-refractivity contribution in [3.63, 3.8) is 0 Å². The highest BCUT2D eigenvalue weighted by molar-refractivity contribution is 5.68. The second-order valence-corrected chi connectivity index (χ2v) is 7.33. The summed E-state index contributed by atoms with van der Waals surface area (Å²) < 4.78 is 48.5. The van der Waals surface area contributed by atoms with Crippen molar-refractivity contribution in [2.45, 2.75) is 13.8 Å². The van der Waals surface area contributed by atoms with Crippen LogP contribution in [0.2, 0.25) is 0 Å². The molecule has 2 aromatic carbocycles. The molecule has 0 fully saturated rings. The van der Waals surface area contributed by atoms with Crippen LogP contribution in [0.25, 0.3) is 17.2 Å². The van der Waals surface area contributed by atoms with Gasteiger partial charge in [0.25, 0.3) is 0 Å². The van der Waals surface area contributed by atoms with E-state index in [0.29, 0.717) is 23.3 Å². The molecule has 0 aliphatic carbocycles. The lowest BCUT2D eigenvalue weighted by Gasteiger charge is -2.07. The SMILES string of the molecule is C=C(/C=C\C(=C)C(=C)/C(F)=C\C(=C)OCC)/C=C/c1ccc(-c2ccc(C)cc2)c(F)c1F. The zero-order valence-electron chi connectivity index (χ0n) is 18.9. The van der Waals surface area contributed by atoms with E-state index in [1.54, 1.807) is 31.2 Å². The second kappa shape index (κ2) is 11.7. The number of allylic oxidation sites excluding steroid dienone is 8. The molecule has 2 aromatic rings. The Bertz CT molecular complexity index is 1160. The number of halogens is 3. The van der Waals surface area contributed by atoms with Gasteiger partial charge in [0.2, 0.25) is 0 Å². The lowest BCUT2D eigenvalue weighted by Crippen LogP contribution is -1.93. The van der Waals surface area contributed by atoms with Gasteiger partial charge in [0.1, 0.15) is 11.6 Å². The summed E-state index contributed by atoms with van der Waals surface area (Å²) in [6.45, 7) is 18.9. The Morgan fingerprint density at radius 1 is 0.909 bits per heavy atom. The average Bonchev–Trinajstić information content (AvgIpc) is 2.78. The summed E-state index contributed by atoms with van der Waals surface area (Å²) >= 11 is 0. The van der Waals surface area contributed by atoms with E-state index in [2.05, 4.69) is 26.3 Å². The molecule has 0 aliphatic rings. The summed E-state index contributed by atoms with van der Waals surface area (Å²) in [5.41, 5.74) is 2.79. The van der Waals surface area contributed by atoms with Crippen molar-refractivity contribution in [3.8, 4) is 11.1 Å². The fraction of sp³-hybridized carbons (Fsp3) is 0.103. The Kier molecular flexibility index (Phi) is 9.05. The van der Waals surface area contributed by atoms with Crippen LogP contribution >= 0.6 is 0 Å². The van der Waals surface area contributed by atoms with Gasteiger partial charge in [-0.05, 0) is 30.6 Å². The van der Waals surface area contributed by atoms with E-state index in [9.17, 15) is 13.2 Å². The topological polar surface area (TPSA) is 9.23 Å². The monoisotopic (exact) mass is 448 g/mol. The van der Waals surface area contributed by atoms with Crippen LogP contribution in [-0.4, -0.2) is 6.61 Å². The third-order valence-electron chi connectivity index (χ3n) is 4.74.